The molecule has 1 saturated carbocycles. The summed E-state index contributed by atoms with van der Waals surface area (Å²) >= 11 is 0. The Kier molecular flexibility index (Phi) is 8.09. The summed E-state index contributed by atoms with van der Waals surface area (Å²) < 4.78 is 55.5. The molecule has 2 heterocycles. The van der Waals surface area contributed by atoms with Gasteiger partial charge in [0, 0.05) is 36.6 Å². The van der Waals surface area contributed by atoms with Crippen LogP contribution >= 0.6 is 0 Å². The number of anilines is 4. The predicted octanol–water partition coefficient (Wildman–Crippen LogP) is 4.56. The molecule has 41 heavy (non-hydrogen) atoms. The van der Waals surface area contributed by atoms with Crippen molar-refractivity contribution in [3.8, 4) is 0 Å². The first-order valence-corrected chi connectivity index (χ1v) is 15.0. The zero-order chi connectivity index (χ0) is 29.3. The Balaban J connectivity index is 1.27. The molecule has 0 saturated heterocycles. The van der Waals surface area contributed by atoms with Crippen LogP contribution in [0.5, 0.6) is 0 Å². The number of sulfonamides is 1. The maximum atomic E-state index is 15.0. The van der Waals surface area contributed by atoms with Gasteiger partial charge in [-0.25, -0.2) is 27.0 Å². The van der Waals surface area contributed by atoms with Gasteiger partial charge in [0.2, 0.25) is 16.0 Å². The second kappa shape index (κ2) is 11.6. The summed E-state index contributed by atoms with van der Waals surface area (Å²) in [7, 11) is 1.83. The zero-order valence-corrected chi connectivity index (χ0v) is 24.0. The number of aromatic nitrogens is 2. The van der Waals surface area contributed by atoms with E-state index in [-0.39, 0.29) is 24.0 Å². The van der Waals surface area contributed by atoms with Crippen molar-refractivity contribution in [2.24, 2.45) is 0 Å². The van der Waals surface area contributed by atoms with Crippen molar-refractivity contribution in [1.82, 2.24) is 14.9 Å². The van der Waals surface area contributed by atoms with Gasteiger partial charge in [0.25, 0.3) is 0 Å². The first kappa shape index (κ1) is 28.7. The number of nitrogens with zero attached hydrogens (tertiary/aromatic N) is 5. The monoisotopic (exact) mass is 585 g/mol. The van der Waals surface area contributed by atoms with Crippen molar-refractivity contribution >= 4 is 39.2 Å². The van der Waals surface area contributed by atoms with Gasteiger partial charge in [-0.15, -0.1) is 0 Å². The molecule has 0 radical (unpaired) electrons. The summed E-state index contributed by atoms with van der Waals surface area (Å²) in [5.74, 6) is -0.826. The van der Waals surface area contributed by atoms with Gasteiger partial charge in [0.1, 0.15) is 17.5 Å². The molecule has 0 bridgehead atoms. The smallest absolute Gasteiger partial charge is 0.330 e. The van der Waals surface area contributed by atoms with E-state index in [4.69, 9.17) is 0 Å². The van der Waals surface area contributed by atoms with Gasteiger partial charge in [0.05, 0.1) is 18.0 Å². The van der Waals surface area contributed by atoms with Crippen LogP contribution in [0.2, 0.25) is 0 Å². The quantitative estimate of drug-likeness (QED) is 0.399. The van der Waals surface area contributed by atoms with Crippen LogP contribution in [0.1, 0.15) is 36.8 Å². The van der Waals surface area contributed by atoms with E-state index >= 15 is 4.39 Å². The fourth-order valence-corrected chi connectivity index (χ4v) is 6.46. The van der Waals surface area contributed by atoms with E-state index in [9.17, 15) is 17.6 Å². The molecule has 1 aliphatic carbocycles. The molecule has 10 nitrogen and oxygen atoms in total. The van der Waals surface area contributed by atoms with Crippen molar-refractivity contribution in [2.45, 2.75) is 50.1 Å². The normalized spacial score (nSPS) is 19.3. The third kappa shape index (κ3) is 6.57. The number of rotatable bonds is 8. The molecule has 2 N–H and O–H groups in total. The molecule has 0 unspecified atom stereocenters. The average Bonchev–Trinajstić information content (AvgIpc) is 2.93. The lowest BCUT2D eigenvalue weighted by molar-refractivity contribution is 0.221. The number of benzene rings is 2. The molecule has 1 aliphatic heterocycles. The number of urea groups is 1. The van der Waals surface area contributed by atoms with E-state index in [0.717, 1.165) is 43.9 Å². The predicted molar refractivity (Wildman–Crippen MR) is 154 cm³/mol. The maximum Gasteiger partial charge on any atom is 0.330 e. The minimum atomic E-state index is -3.97. The maximum absolute atomic E-state index is 15.0. The summed E-state index contributed by atoms with van der Waals surface area (Å²) in [5.41, 5.74) is 1.05. The van der Waals surface area contributed by atoms with Crippen molar-refractivity contribution in [3.63, 3.8) is 0 Å². The molecule has 3 aromatic rings. The Labute approximate surface area is 238 Å². The largest absolute Gasteiger partial charge is 0.351 e. The Morgan fingerprint density at radius 3 is 2.41 bits per heavy atom. The highest BCUT2D eigenvalue weighted by Crippen LogP contribution is 2.32. The fourth-order valence-electron chi connectivity index (χ4n) is 5.26. The molecule has 1 aromatic heterocycles. The number of hydrogen-bond acceptors (Lipinski definition) is 7. The number of nitrogens with one attached hydrogen (secondary N) is 2. The highest BCUT2D eigenvalue weighted by Gasteiger charge is 2.32. The lowest BCUT2D eigenvalue weighted by atomic mass is 9.91. The van der Waals surface area contributed by atoms with Gasteiger partial charge < -0.3 is 10.2 Å². The van der Waals surface area contributed by atoms with E-state index in [1.165, 1.54) is 34.1 Å². The summed E-state index contributed by atoms with van der Waals surface area (Å²) in [6.07, 6.45) is 5.87. The Morgan fingerprint density at radius 2 is 1.76 bits per heavy atom. The third-order valence-corrected chi connectivity index (χ3v) is 8.81. The van der Waals surface area contributed by atoms with Crippen LogP contribution in [0, 0.1) is 11.6 Å². The summed E-state index contributed by atoms with van der Waals surface area (Å²) in [4.78, 5) is 27.4. The van der Waals surface area contributed by atoms with Crippen LogP contribution in [0.4, 0.5) is 36.7 Å². The first-order chi connectivity index (χ1) is 19.5. The van der Waals surface area contributed by atoms with E-state index in [1.54, 1.807) is 13.2 Å². The Hall–Kier alpha value is -3.84. The number of carbonyl (C=O) groups excluding carboxylic acids is 1. The Morgan fingerprint density at radius 1 is 1.05 bits per heavy atom. The van der Waals surface area contributed by atoms with Crippen LogP contribution in [0.3, 0.4) is 0 Å². The number of halogens is 2. The van der Waals surface area contributed by atoms with Crippen molar-refractivity contribution in [2.75, 3.05) is 41.0 Å². The van der Waals surface area contributed by atoms with Crippen molar-refractivity contribution < 1.29 is 22.0 Å². The van der Waals surface area contributed by atoms with E-state index in [2.05, 4.69) is 39.0 Å². The second-order valence-corrected chi connectivity index (χ2v) is 12.5. The fraction of sp³-hybridized carbons (Fsp3) is 0.393. The highest BCUT2D eigenvalue weighted by molar-refractivity contribution is 7.91. The van der Waals surface area contributed by atoms with Gasteiger partial charge in [-0.2, -0.15) is 4.98 Å². The third-order valence-electron chi connectivity index (χ3n) is 7.57. The molecule has 13 heteroatoms. The minimum absolute atomic E-state index is 0.127. The second-order valence-electron chi connectivity index (χ2n) is 10.7. The van der Waals surface area contributed by atoms with Crippen LogP contribution < -0.4 is 19.8 Å². The first-order valence-electron chi connectivity index (χ1n) is 13.4. The molecule has 218 valence electrons. The molecule has 2 aliphatic rings. The van der Waals surface area contributed by atoms with Gasteiger partial charge in [0.15, 0.2) is 0 Å². The van der Waals surface area contributed by atoms with Gasteiger partial charge >= 0.3 is 6.03 Å². The minimum Gasteiger partial charge on any atom is -0.351 e. The van der Waals surface area contributed by atoms with Crippen LogP contribution in [0.25, 0.3) is 0 Å². The molecule has 5 rings (SSSR count). The Bertz CT molecular complexity index is 1530. The zero-order valence-electron chi connectivity index (χ0n) is 23.1. The molecule has 2 amide bonds. The van der Waals surface area contributed by atoms with E-state index in [1.807, 2.05) is 0 Å². The van der Waals surface area contributed by atoms with Crippen LogP contribution in [0.15, 0.2) is 48.7 Å². The number of hydrogen-bond donors (Lipinski definition) is 2. The number of amides is 2. The van der Waals surface area contributed by atoms with Crippen molar-refractivity contribution in [3.05, 3.63) is 71.4 Å². The van der Waals surface area contributed by atoms with Crippen molar-refractivity contribution in [1.29, 1.82) is 0 Å². The lowest BCUT2D eigenvalue weighted by Crippen LogP contribution is -2.46. The number of fused-ring (bicyclic) bond motifs is 1. The van der Waals surface area contributed by atoms with Crippen LogP contribution in [-0.4, -0.2) is 62.5 Å². The molecular weight excluding hydrogens is 552 g/mol. The lowest BCUT2D eigenvalue weighted by Gasteiger charge is -2.35. The SMILES string of the molecule is CN1C(=O)N(c2ccc(NS(=O)(=O)Cc3ccc(F)cc3)c(F)c2)Cc2cnc(NC3CCC(N(C)C)CC3)nc21. The molecule has 0 spiro atoms. The van der Waals surface area contributed by atoms with Gasteiger partial charge in [-0.1, -0.05) is 12.1 Å². The molecule has 1 fully saturated rings. The summed E-state index contributed by atoms with van der Waals surface area (Å²) in [5, 5.41) is 3.40. The van der Waals surface area contributed by atoms with E-state index < -0.39 is 33.4 Å². The summed E-state index contributed by atoms with van der Waals surface area (Å²) in [6, 6.07) is 9.29. The van der Waals surface area contributed by atoms with Gasteiger partial charge in [-0.3, -0.25) is 14.5 Å². The highest BCUT2D eigenvalue weighted by atomic mass is 32.2. The molecular formula is C28H33F2N7O3S. The molecule has 0 atom stereocenters. The average molecular weight is 586 g/mol. The molecule has 2 aromatic carbocycles. The van der Waals surface area contributed by atoms with Gasteiger partial charge in [-0.05, 0) is 75.7 Å². The topological polar surface area (TPSA) is 111 Å². The van der Waals surface area contributed by atoms with E-state index in [0.29, 0.717) is 28.9 Å². The van der Waals surface area contributed by atoms with Crippen LogP contribution in [-0.2, 0) is 22.3 Å². The summed E-state index contributed by atoms with van der Waals surface area (Å²) in [6.45, 7) is 0.127. The standard InChI is InChI=1S/C28H33F2N7O3S/c1-35(2)22-10-8-21(9-11-22)32-27-31-15-19-16-37(28(38)36(3)26(19)33-27)23-12-13-25(24(30)14-23)34-41(39,40)17-18-4-6-20(29)7-5-18/h4-7,12-15,21-22,34H,8-11,16-17H2,1-3H3,(H,31,32,33). The number of carbonyl (C=O) groups is 1.